The molecule has 2 aromatic rings. The van der Waals surface area contributed by atoms with Crippen LogP contribution >= 0.6 is 0 Å². The smallest absolute Gasteiger partial charge is 0.287 e. The standard InChI is InChI=1S/C15H15N3O3/c19-18(20)12-6-7-14(16-10-12)17-13-8-9-21-15(13)11-4-2-1-3-5-11/h1-7,10,13,15H,8-9H2,(H,16,17)/t13-,15+/m1/s1. The zero-order valence-electron chi connectivity index (χ0n) is 11.3. The molecule has 0 radical (unpaired) electrons. The minimum atomic E-state index is -0.456. The summed E-state index contributed by atoms with van der Waals surface area (Å²) < 4.78 is 5.79. The number of nitro groups is 1. The summed E-state index contributed by atoms with van der Waals surface area (Å²) in [5.74, 6) is 0.622. The molecule has 0 aliphatic carbocycles. The van der Waals surface area contributed by atoms with E-state index in [2.05, 4.69) is 10.3 Å². The maximum Gasteiger partial charge on any atom is 0.287 e. The Morgan fingerprint density at radius 1 is 1.24 bits per heavy atom. The third-order valence-electron chi connectivity index (χ3n) is 3.51. The molecule has 108 valence electrons. The number of hydrogen-bond donors (Lipinski definition) is 1. The Hall–Kier alpha value is -2.47. The Kier molecular flexibility index (Phi) is 3.79. The molecule has 0 amide bonds. The number of anilines is 1. The lowest BCUT2D eigenvalue weighted by molar-refractivity contribution is -0.385. The van der Waals surface area contributed by atoms with Gasteiger partial charge in [-0.2, -0.15) is 0 Å². The Morgan fingerprint density at radius 3 is 2.71 bits per heavy atom. The lowest BCUT2D eigenvalue weighted by Crippen LogP contribution is -2.23. The van der Waals surface area contributed by atoms with Gasteiger partial charge in [-0.1, -0.05) is 30.3 Å². The van der Waals surface area contributed by atoms with Crippen LogP contribution in [0.25, 0.3) is 0 Å². The molecule has 6 nitrogen and oxygen atoms in total. The lowest BCUT2D eigenvalue weighted by atomic mass is 10.0. The third-order valence-corrected chi connectivity index (χ3v) is 3.51. The molecule has 0 unspecified atom stereocenters. The highest BCUT2D eigenvalue weighted by molar-refractivity contribution is 5.42. The molecule has 1 aliphatic rings. The van der Waals surface area contributed by atoms with Crippen molar-refractivity contribution >= 4 is 11.5 Å². The summed E-state index contributed by atoms with van der Waals surface area (Å²) in [6.45, 7) is 0.685. The summed E-state index contributed by atoms with van der Waals surface area (Å²) in [4.78, 5) is 14.2. The Bertz CT molecular complexity index is 616. The fraction of sp³-hybridized carbons (Fsp3) is 0.267. The number of nitrogens with zero attached hydrogens (tertiary/aromatic N) is 2. The zero-order chi connectivity index (χ0) is 14.7. The second-order valence-corrected chi connectivity index (χ2v) is 4.90. The average molecular weight is 285 g/mol. The Morgan fingerprint density at radius 2 is 2.05 bits per heavy atom. The highest BCUT2D eigenvalue weighted by Gasteiger charge is 2.29. The SMILES string of the molecule is O=[N+]([O-])c1ccc(N[C@@H]2CCO[C@H]2c2ccccc2)nc1. The maximum absolute atomic E-state index is 10.6. The molecule has 1 aliphatic heterocycles. The molecule has 1 saturated heterocycles. The first kappa shape index (κ1) is 13.5. The summed E-state index contributed by atoms with van der Waals surface area (Å²) in [5, 5.41) is 13.9. The van der Waals surface area contributed by atoms with Gasteiger partial charge < -0.3 is 10.1 Å². The predicted octanol–water partition coefficient (Wildman–Crippen LogP) is 2.93. The van der Waals surface area contributed by atoms with Crippen molar-refractivity contribution in [2.45, 2.75) is 18.6 Å². The molecule has 0 bridgehead atoms. The van der Waals surface area contributed by atoms with Crippen LogP contribution in [0.4, 0.5) is 11.5 Å². The van der Waals surface area contributed by atoms with Gasteiger partial charge in [0.15, 0.2) is 0 Å². The molecule has 6 heteroatoms. The van der Waals surface area contributed by atoms with Crippen molar-refractivity contribution in [3.63, 3.8) is 0 Å². The van der Waals surface area contributed by atoms with Crippen LogP contribution in [-0.2, 0) is 4.74 Å². The van der Waals surface area contributed by atoms with Gasteiger partial charge >= 0.3 is 0 Å². The van der Waals surface area contributed by atoms with Crippen LogP contribution in [0.3, 0.4) is 0 Å². The fourth-order valence-corrected chi connectivity index (χ4v) is 2.48. The molecule has 0 saturated carbocycles. The molecule has 1 aromatic carbocycles. The van der Waals surface area contributed by atoms with Crippen molar-refractivity contribution in [1.82, 2.24) is 4.98 Å². The van der Waals surface area contributed by atoms with Crippen LogP contribution in [0.1, 0.15) is 18.1 Å². The van der Waals surface area contributed by atoms with Gasteiger partial charge in [0.1, 0.15) is 18.1 Å². The predicted molar refractivity (Wildman–Crippen MR) is 78.1 cm³/mol. The van der Waals surface area contributed by atoms with E-state index >= 15 is 0 Å². The second kappa shape index (κ2) is 5.88. The van der Waals surface area contributed by atoms with Crippen LogP contribution < -0.4 is 5.32 Å². The Balaban J connectivity index is 1.73. The van der Waals surface area contributed by atoms with Gasteiger partial charge in [0.05, 0.1) is 11.0 Å². The number of pyridine rings is 1. The first-order valence-corrected chi connectivity index (χ1v) is 6.77. The van der Waals surface area contributed by atoms with E-state index in [0.29, 0.717) is 12.4 Å². The van der Waals surface area contributed by atoms with Gasteiger partial charge in [0.25, 0.3) is 5.69 Å². The largest absolute Gasteiger partial charge is 0.371 e. The summed E-state index contributed by atoms with van der Waals surface area (Å²) in [6, 6.07) is 13.2. The van der Waals surface area contributed by atoms with Crippen LogP contribution in [0.15, 0.2) is 48.7 Å². The number of ether oxygens (including phenoxy) is 1. The van der Waals surface area contributed by atoms with Crippen LogP contribution in [0, 0.1) is 10.1 Å². The van der Waals surface area contributed by atoms with E-state index < -0.39 is 4.92 Å². The molecule has 0 spiro atoms. The van der Waals surface area contributed by atoms with Crippen molar-refractivity contribution in [3.8, 4) is 0 Å². The molecular formula is C15H15N3O3. The molecule has 1 N–H and O–H groups in total. The van der Waals surface area contributed by atoms with E-state index in [9.17, 15) is 10.1 Å². The van der Waals surface area contributed by atoms with E-state index in [-0.39, 0.29) is 17.8 Å². The normalized spacial score (nSPS) is 21.1. The van der Waals surface area contributed by atoms with Crippen molar-refractivity contribution in [2.24, 2.45) is 0 Å². The molecule has 3 rings (SSSR count). The first-order chi connectivity index (χ1) is 10.2. The third kappa shape index (κ3) is 3.00. The van der Waals surface area contributed by atoms with Crippen molar-refractivity contribution in [1.29, 1.82) is 0 Å². The number of hydrogen-bond acceptors (Lipinski definition) is 5. The van der Waals surface area contributed by atoms with E-state index in [1.807, 2.05) is 30.3 Å². The molecule has 1 fully saturated rings. The summed E-state index contributed by atoms with van der Waals surface area (Å²) in [5.41, 5.74) is 1.11. The van der Waals surface area contributed by atoms with Gasteiger partial charge in [0.2, 0.25) is 0 Å². The van der Waals surface area contributed by atoms with Crippen LogP contribution in [0.5, 0.6) is 0 Å². The molecule has 2 atom stereocenters. The molecule has 2 heterocycles. The summed E-state index contributed by atoms with van der Waals surface area (Å²) in [7, 11) is 0. The van der Waals surface area contributed by atoms with Gasteiger partial charge in [-0.3, -0.25) is 10.1 Å². The fourth-order valence-electron chi connectivity index (χ4n) is 2.48. The van der Waals surface area contributed by atoms with E-state index in [4.69, 9.17) is 4.74 Å². The maximum atomic E-state index is 10.6. The number of rotatable bonds is 4. The van der Waals surface area contributed by atoms with Crippen LogP contribution in [-0.4, -0.2) is 22.6 Å². The van der Waals surface area contributed by atoms with Crippen molar-refractivity contribution in [2.75, 3.05) is 11.9 Å². The number of nitrogens with one attached hydrogen (secondary N) is 1. The topological polar surface area (TPSA) is 77.3 Å². The van der Waals surface area contributed by atoms with E-state index in [0.717, 1.165) is 12.0 Å². The molecule has 21 heavy (non-hydrogen) atoms. The first-order valence-electron chi connectivity index (χ1n) is 6.77. The average Bonchev–Trinajstić information content (AvgIpc) is 2.97. The minimum Gasteiger partial charge on any atom is -0.371 e. The number of benzene rings is 1. The van der Waals surface area contributed by atoms with Gasteiger partial charge in [-0.05, 0) is 18.1 Å². The van der Waals surface area contributed by atoms with Crippen LogP contribution in [0.2, 0.25) is 0 Å². The van der Waals surface area contributed by atoms with Gasteiger partial charge in [0, 0.05) is 12.7 Å². The van der Waals surface area contributed by atoms with Gasteiger partial charge in [-0.25, -0.2) is 4.98 Å². The highest BCUT2D eigenvalue weighted by atomic mass is 16.6. The lowest BCUT2D eigenvalue weighted by Gasteiger charge is -2.20. The zero-order valence-corrected chi connectivity index (χ0v) is 11.3. The van der Waals surface area contributed by atoms with E-state index in [1.54, 1.807) is 6.07 Å². The number of aromatic nitrogens is 1. The quantitative estimate of drug-likeness (QED) is 0.690. The van der Waals surface area contributed by atoms with Crippen molar-refractivity contribution in [3.05, 3.63) is 64.3 Å². The molecule has 1 aromatic heterocycles. The van der Waals surface area contributed by atoms with E-state index in [1.165, 1.54) is 12.3 Å². The van der Waals surface area contributed by atoms with Crippen molar-refractivity contribution < 1.29 is 9.66 Å². The molecular weight excluding hydrogens is 270 g/mol. The second-order valence-electron chi connectivity index (χ2n) is 4.90. The van der Waals surface area contributed by atoms with Gasteiger partial charge in [-0.15, -0.1) is 0 Å². The monoisotopic (exact) mass is 285 g/mol. The summed E-state index contributed by atoms with van der Waals surface area (Å²) >= 11 is 0. The highest BCUT2D eigenvalue weighted by Crippen LogP contribution is 2.31. The minimum absolute atomic E-state index is 0.0113. The Labute approximate surface area is 121 Å². The summed E-state index contributed by atoms with van der Waals surface area (Å²) in [6.07, 6.45) is 2.11.